The van der Waals surface area contributed by atoms with Gasteiger partial charge in [0.2, 0.25) is 0 Å². The predicted octanol–water partition coefficient (Wildman–Crippen LogP) is 3.03. The number of aliphatic hydroxyl groups is 1. The number of hydrogen-bond donors (Lipinski definition) is 1. The number of rotatable bonds is 9. The molecule has 5 nitrogen and oxygen atoms in total. The molecule has 1 aromatic heterocycles. The van der Waals surface area contributed by atoms with Crippen LogP contribution in [-0.2, 0) is 6.54 Å². The lowest BCUT2D eigenvalue weighted by atomic mass is 10.1. The van der Waals surface area contributed by atoms with Gasteiger partial charge in [-0.05, 0) is 31.2 Å². The molecule has 0 aliphatic heterocycles. The van der Waals surface area contributed by atoms with Crippen molar-refractivity contribution in [2.75, 3.05) is 12.4 Å². The number of thioether (sulfide) groups is 1. The van der Waals surface area contributed by atoms with E-state index in [1.54, 1.807) is 30.5 Å². The summed E-state index contributed by atoms with van der Waals surface area (Å²) in [5, 5.41) is 10.9. The van der Waals surface area contributed by atoms with Crippen LogP contribution in [0.25, 0.3) is 0 Å². The van der Waals surface area contributed by atoms with E-state index in [0.717, 1.165) is 11.7 Å². The van der Waals surface area contributed by atoms with Crippen molar-refractivity contribution in [1.29, 1.82) is 0 Å². The third-order valence-electron chi connectivity index (χ3n) is 3.36. The average Bonchev–Trinajstić information content (AvgIpc) is 3.05. The summed E-state index contributed by atoms with van der Waals surface area (Å²) in [5.41, 5.74) is 0.683. The van der Waals surface area contributed by atoms with E-state index in [2.05, 4.69) is 11.9 Å². The lowest BCUT2D eigenvalue weighted by molar-refractivity contribution is 0.0987. The van der Waals surface area contributed by atoms with Crippen LogP contribution in [0.2, 0.25) is 0 Å². The standard InChI is InChI=1S/C17H22N2O3S/c1-3-16(21)13-5-7-15(8-6-13)22-11-14(20)12-23-17-18-9-10-19(17)4-2/h5-10,14,20H,3-4,11-12H2,1-2H3. The first kappa shape index (κ1) is 17.6. The van der Waals surface area contributed by atoms with Gasteiger partial charge in [-0.1, -0.05) is 18.7 Å². The van der Waals surface area contributed by atoms with E-state index in [9.17, 15) is 9.90 Å². The highest BCUT2D eigenvalue weighted by atomic mass is 32.2. The highest BCUT2D eigenvalue weighted by Crippen LogP contribution is 2.18. The molecule has 1 heterocycles. The maximum atomic E-state index is 11.5. The molecule has 0 aliphatic rings. The van der Waals surface area contributed by atoms with Crippen molar-refractivity contribution in [2.45, 2.75) is 38.1 Å². The highest BCUT2D eigenvalue weighted by Gasteiger charge is 2.10. The second-order valence-corrected chi connectivity index (χ2v) is 6.06. The van der Waals surface area contributed by atoms with E-state index in [1.165, 1.54) is 11.8 Å². The minimum Gasteiger partial charge on any atom is -0.491 e. The van der Waals surface area contributed by atoms with Crippen LogP contribution in [-0.4, -0.2) is 38.9 Å². The van der Waals surface area contributed by atoms with Crippen LogP contribution in [0.3, 0.4) is 0 Å². The smallest absolute Gasteiger partial charge is 0.168 e. The molecule has 1 N–H and O–H groups in total. The Bertz CT molecular complexity index is 625. The lowest BCUT2D eigenvalue weighted by Gasteiger charge is -2.12. The molecule has 124 valence electrons. The van der Waals surface area contributed by atoms with Crippen molar-refractivity contribution in [3.63, 3.8) is 0 Å². The molecule has 1 unspecified atom stereocenters. The van der Waals surface area contributed by atoms with Crippen molar-refractivity contribution in [1.82, 2.24) is 9.55 Å². The van der Waals surface area contributed by atoms with Crippen LogP contribution in [0.5, 0.6) is 5.75 Å². The molecule has 0 radical (unpaired) electrons. The predicted molar refractivity (Wildman–Crippen MR) is 91.2 cm³/mol. The summed E-state index contributed by atoms with van der Waals surface area (Å²) in [6, 6.07) is 7.01. The summed E-state index contributed by atoms with van der Waals surface area (Å²) in [7, 11) is 0. The first-order valence-corrected chi connectivity index (χ1v) is 8.70. The first-order valence-electron chi connectivity index (χ1n) is 7.72. The van der Waals surface area contributed by atoms with Gasteiger partial charge >= 0.3 is 0 Å². The normalized spacial score (nSPS) is 12.1. The average molecular weight is 334 g/mol. The van der Waals surface area contributed by atoms with Crippen LogP contribution in [0.1, 0.15) is 30.6 Å². The van der Waals surface area contributed by atoms with Gasteiger partial charge in [0.1, 0.15) is 12.4 Å². The molecule has 23 heavy (non-hydrogen) atoms. The summed E-state index contributed by atoms with van der Waals surface area (Å²) in [6.45, 7) is 4.96. The molecule has 0 spiro atoms. The van der Waals surface area contributed by atoms with Gasteiger partial charge < -0.3 is 14.4 Å². The third-order valence-corrected chi connectivity index (χ3v) is 4.51. The summed E-state index contributed by atoms with van der Waals surface area (Å²) in [4.78, 5) is 15.8. The molecule has 0 fully saturated rings. The zero-order chi connectivity index (χ0) is 16.7. The minimum absolute atomic E-state index is 0.111. The van der Waals surface area contributed by atoms with Gasteiger partial charge in [0.05, 0.1) is 6.10 Å². The molecule has 1 aromatic carbocycles. The Labute approximate surface area is 140 Å². The van der Waals surface area contributed by atoms with Crippen LogP contribution >= 0.6 is 11.8 Å². The Kier molecular flexibility index (Phi) is 6.67. The van der Waals surface area contributed by atoms with Crippen molar-refractivity contribution >= 4 is 17.5 Å². The lowest BCUT2D eigenvalue weighted by Crippen LogP contribution is -2.20. The fraction of sp³-hybridized carbons (Fsp3) is 0.412. The van der Waals surface area contributed by atoms with E-state index in [0.29, 0.717) is 23.5 Å². The molecular formula is C17H22N2O3S. The number of ketones is 1. The molecule has 1 atom stereocenters. The zero-order valence-electron chi connectivity index (χ0n) is 13.4. The zero-order valence-corrected chi connectivity index (χ0v) is 14.3. The Morgan fingerprint density at radius 2 is 2.09 bits per heavy atom. The van der Waals surface area contributed by atoms with Crippen LogP contribution < -0.4 is 4.74 Å². The third kappa shape index (κ3) is 5.11. The molecule has 2 aromatic rings. The second-order valence-electron chi connectivity index (χ2n) is 5.07. The number of ether oxygens (including phenoxy) is 1. The number of nitrogens with zero attached hydrogens (tertiary/aromatic N) is 2. The molecule has 6 heteroatoms. The van der Waals surface area contributed by atoms with Gasteiger partial charge in [0, 0.05) is 36.7 Å². The molecule has 0 saturated heterocycles. The van der Waals surface area contributed by atoms with E-state index in [4.69, 9.17) is 4.74 Å². The Hall–Kier alpha value is -1.79. The number of carbonyl (C=O) groups is 1. The van der Waals surface area contributed by atoms with E-state index < -0.39 is 6.10 Å². The highest BCUT2D eigenvalue weighted by molar-refractivity contribution is 7.99. The largest absolute Gasteiger partial charge is 0.491 e. The number of benzene rings is 1. The van der Waals surface area contributed by atoms with Crippen LogP contribution in [0, 0.1) is 0 Å². The van der Waals surface area contributed by atoms with Gasteiger partial charge in [-0.2, -0.15) is 0 Å². The fourth-order valence-corrected chi connectivity index (χ4v) is 2.96. The van der Waals surface area contributed by atoms with Gasteiger partial charge in [-0.15, -0.1) is 0 Å². The maximum absolute atomic E-state index is 11.5. The number of Topliss-reactive ketones (excluding diaryl/α,β-unsaturated/α-hetero) is 1. The molecule has 0 bridgehead atoms. The van der Waals surface area contributed by atoms with Crippen molar-refractivity contribution in [3.8, 4) is 5.75 Å². The summed E-state index contributed by atoms with van der Waals surface area (Å²) < 4.78 is 7.59. The van der Waals surface area contributed by atoms with Gasteiger partial charge in [-0.3, -0.25) is 4.79 Å². The van der Waals surface area contributed by atoms with E-state index in [1.807, 2.05) is 17.7 Å². The van der Waals surface area contributed by atoms with Crippen molar-refractivity contribution in [3.05, 3.63) is 42.2 Å². The SMILES string of the molecule is CCC(=O)c1ccc(OCC(O)CSc2nccn2CC)cc1. The first-order chi connectivity index (χ1) is 11.1. The Morgan fingerprint density at radius 3 is 2.74 bits per heavy atom. The number of aliphatic hydroxyl groups excluding tert-OH is 1. The minimum atomic E-state index is -0.584. The second kappa shape index (κ2) is 8.74. The topological polar surface area (TPSA) is 64.3 Å². The number of aromatic nitrogens is 2. The van der Waals surface area contributed by atoms with E-state index in [-0.39, 0.29) is 12.4 Å². The molecule has 0 aliphatic carbocycles. The van der Waals surface area contributed by atoms with Gasteiger partial charge in [0.15, 0.2) is 10.9 Å². The quantitative estimate of drug-likeness (QED) is 0.564. The van der Waals surface area contributed by atoms with Crippen molar-refractivity contribution < 1.29 is 14.6 Å². The summed E-state index contributed by atoms with van der Waals surface area (Å²) >= 11 is 1.51. The van der Waals surface area contributed by atoms with Gasteiger partial charge in [0.25, 0.3) is 0 Å². The maximum Gasteiger partial charge on any atom is 0.168 e. The molecule has 0 amide bonds. The molecular weight excluding hydrogens is 312 g/mol. The molecule has 0 saturated carbocycles. The Morgan fingerprint density at radius 1 is 1.35 bits per heavy atom. The fourth-order valence-electron chi connectivity index (χ4n) is 2.03. The number of imidazole rings is 1. The van der Waals surface area contributed by atoms with E-state index >= 15 is 0 Å². The number of aryl methyl sites for hydroxylation is 1. The number of carbonyl (C=O) groups excluding carboxylic acids is 1. The van der Waals surface area contributed by atoms with Crippen LogP contribution in [0.15, 0.2) is 41.8 Å². The number of hydrogen-bond acceptors (Lipinski definition) is 5. The Balaban J connectivity index is 1.78. The monoisotopic (exact) mass is 334 g/mol. The summed E-state index contributed by atoms with van der Waals surface area (Å²) in [6.07, 6.45) is 3.58. The molecule has 2 rings (SSSR count). The van der Waals surface area contributed by atoms with Crippen molar-refractivity contribution in [2.24, 2.45) is 0 Å². The van der Waals surface area contributed by atoms with Gasteiger partial charge in [-0.25, -0.2) is 4.98 Å². The van der Waals surface area contributed by atoms with Crippen LogP contribution in [0.4, 0.5) is 0 Å². The summed E-state index contributed by atoms with van der Waals surface area (Å²) in [5.74, 6) is 1.28.